The van der Waals surface area contributed by atoms with Gasteiger partial charge in [0.05, 0.1) is 17.6 Å². The van der Waals surface area contributed by atoms with Gasteiger partial charge in [-0.3, -0.25) is 20.2 Å². The third kappa shape index (κ3) is 2.88. The van der Waals surface area contributed by atoms with Crippen molar-refractivity contribution in [1.82, 2.24) is 10.2 Å². The maximum Gasteiger partial charge on any atom is 0.269 e. The molecule has 1 aromatic rings. The molecule has 1 N–H and O–H groups in total. The molecule has 2 heterocycles. The molecule has 2 aliphatic heterocycles. The summed E-state index contributed by atoms with van der Waals surface area (Å²) < 4.78 is 5.59. The van der Waals surface area contributed by atoms with Crippen LogP contribution in [0, 0.1) is 10.1 Å². The van der Waals surface area contributed by atoms with Crippen LogP contribution in [-0.4, -0.2) is 41.5 Å². The number of benzene rings is 1. The van der Waals surface area contributed by atoms with Crippen LogP contribution >= 0.6 is 0 Å². The molecule has 2 atom stereocenters. The molecule has 0 radical (unpaired) electrons. The second kappa shape index (κ2) is 5.79. The highest BCUT2D eigenvalue weighted by Gasteiger charge is 2.34. The number of amides is 1. The number of nitro groups is 1. The van der Waals surface area contributed by atoms with E-state index in [0.717, 1.165) is 25.0 Å². The third-order valence-corrected chi connectivity index (χ3v) is 3.92. The second-order valence-corrected chi connectivity index (χ2v) is 5.31. The Balaban J connectivity index is 1.75. The number of nitrogens with zero attached hydrogens (tertiary/aromatic N) is 2. The van der Waals surface area contributed by atoms with Crippen molar-refractivity contribution in [1.29, 1.82) is 0 Å². The fraction of sp³-hybridized carbons (Fsp3) is 0.500. The quantitative estimate of drug-likeness (QED) is 0.665. The fourth-order valence-electron chi connectivity index (χ4n) is 2.83. The van der Waals surface area contributed by atoms with Gasteiger partial charge in [-0.15, -0.1) is 0 Å². The van der Waals surface area contributed by atoms with Crippen molar-refractivity contribution in [3.8, 4) is 0 Å². The Morgan fingerprint density at radius 1 is 1.38 bits per heavy atom. The topological polar surface area (TPSA) is 84.7 Å². The monoisotopic (exact) mass is 291 g/mol. The number of carbonyl (C=O) groups is 1. The molecule has 3 rings (SSSR count). The predicted octanol–water partition coefficient (Wildman–Crippen LogP) is 1.20. The van der Waals surface area contributed by atoms with Crippen LogP contribution < -0.4 is 5.32 Å². The van der Waals surface area contributed by atoms with E-state index in [4.69, 9.17) is 4.74 Å². The minimum absolute atomic E-state index is 0.0360. The van der Waals surface area contributed by atoms with Gasteiger partial charge >= 0.3 is 0 Å². The summed E-state index contributed by atoms with van der Waals surface area (Å²) in [7, 11) is 0. The van der Waals surface area contributed by atoms with Crippen molar-refractivity contribution in [2.24, 2.45) is 0 Å². The molecule has 0 saturated carbocycles. The number of hydrogen-bond acceptors (Lipinski definition) is 5. The zero-order valence-electron chi connectivity index (χ0n) is 11.5. The van der Waals surface area contributed by atoms with Crippen LogP contribution in [0.5, 0.6) is 0 Å². The lowest BCUT2D eigenvalue weighted by Gasteiger charge is -2.27. The van der Waals surface area contributed by atoms with Crippen molar-refractivity contribution >= 4 is 11.6 Å². The highest BCUT2D eigenvalue weighted by Crippen LogP contribution is 2.26. The molecule has 2 saturated heterocycles. The molecule has 2 fully saturated rings. The summed E-state index contributed by atoms with van der Waals surface area (Å²) in [5.74, 6) is 0.0360. The average Bonchev–Trinajstić information content (AvgIpc) is 3.11. The van der Waals surface area contributed by atoms with E-state index in [1.54, 1.807) is 17.0 Å². The minimum atomic E-state index is -0.429. The summed E-state index contributed by atoms with van der Waals surface area (Å²) in [4.78, 5) is 24.0. The van der Waals surface area contributed by atoms with Gasteiger partial charge in [0.15, 0.2) is 0 Å². The molecule has 21 heavy (non-hydrogen) atoms. The van der Waals surface area contributed by atoms with Gasteiger partial charge in [-0.1, -0.05) is 0 Å². The number of ether oxygens (including phenoxy) is 1. The molecule has 0 aromatic heterocycles. The van der Waals surface area contributed by atoms with Crippen LogP contribution in [0.25, 0.3) is 0 Å². The van der Waals surface area contributed by atoms with E-state index < -0.39 is 4.92 Å². The maximum atomic E-state index is 12.0. The lowest BCUT2D eigenvalue weighted by Crippen LogP contribution is -2.36. The molecule has 112 valence electrons. The van der Waals surface area contributed by atoms with Gasteiger partial charge in [0.1, 0.15) is 6.17 Å². The van der Waals surface area contributed by atoms with Crippen LogP contribution in [0.4, 0.5) is 5.69 Å². The van der Waals surface area contributed by atoms with Crippen molar-refractivity contribution in [3.05, 3.63) is 39.9 Å². The standard InChI is InChI=1S/C14H17N3O4/c18-13-8-15-14(16(13)9-12-2-1-7-21-12)10-3-5-11(6-4-10)17(19)20/h3-6,12,14-15H,1-2,7-9H2. The summed E-state index contributed by atoms with van der Waals surface area (Å²) in [5, 5.41) is 13.8. The van der Waals surface area contributed by atoms with Gasteiger partial charge in [0.2, 0.25) is 5.91 Å². The van der Waals surface area contributed by atoms with E-state index in [1.165, 1.54) is 12.1 Å². The highest BCUT2D eigenvalue weighted by molar-refractivity contribution is 5.81. The largest absolute Gasteiger partial charge is 0.376 e. The zero-order chi connectivity index (χ0) is 14.8. The summed E-state index contributed by atoms with van der Waals surface area (Å²) in [6.45, 7) is 1.60. The smallest absolute Gasteiger partial charge is 0.269 e. The fourth-order valence-corrected chi connectivity index (χ4v) is 2.83. The van der Waals surface area contributed by atoms with Crippen molar-refractivity contribution in [2.75, 3.05) is 19.7 Å². The third-order valence-electron chi connectivity index (χ3n) is 3.92. The highest BCUT2D eigenvalue weighted by atomic mass is 16.6. The molecule has 1 aromatic carbocycles. The second-order valence-electron chi connectivity index (χ2n) is 5.31. The molecule has 0 spiro atoms. The Bertz CT molecular complexity index is 540. The van der Waals surface area contributed by atoms with E-state index in [2.05, 4.69) is 5.32 Å². The molecule has 7 nitrogen and oxygen atoms in total. The zero-order valence-corrected chi connectivity index (χ0v) is 11.5. The molecular formula is C14H17N3O4. The van der Waals surface area contributed by atoms with Crippen molar-refractivity contribution in [3.63, 3.8) is 0 Å². The van der Waals surface area contributed by atoms with Crippen LogP contribution in [-0.2, 0) is 9.53 Å². The summed E-state index contributed by atoms with van der Waals surface area (Å²) in [6, 6.07) is 6.31. The van der Waals surface area contributed by atoms with E-state index in [9.17, 15) is 14.9 Å². The lowest BCUT2D eigenvalue weighted by atomic mass is 10.1. The van der Waals surface area contributed by atoms with E-state index in [0.29, 0.717) is 6.54 Å². The number of rotatable bonds is 4. The lowest BCUT2D eigenvalue weighted by molar-refractivity contribution is -0.384. The number of hydrogen-bond donors (Lipinski definition) is 1. The SMILES string of the molecule is O=C1CNC(c2ccc([N+](=O)[O-])cc2)N1CC1CCCO1. The Kier molecular flexibility index (Phi) is 3.85. The molecular weight excluding hydrogens is 274 g/mol. The normalized spacial score (nSPS) is 25.5. The first-order chi connectivity index (χ1) is 10.1. The van der Waals surface area contributed by atoms with Crippen LogP contribution in [0.15, 0.2) is 24.3 Å². The molecule has 0 aliphatic carbocycles. The van der Waals surface area contributed by atoms with Gasteiger partial charge in [-0.05, 0) is 30.5 Å². The van der Waals surface area contributed by atoms with Gasteiger partial charge in [0, 0.05) is 25.3 Å². The van der Waals surface area contributed by atoms with Gasteiger partial charge in [-0.25, -0.2) is 0 Å². The van der Waals surface area contributed by atoms with E-state index in [1.807, 2.05) is 0 Å². The predicted molar refractivity (Wildman–Crippen MR) is 74.5 cm³/mol. The maximum absolute atomic E-state index is 12.0. The molecule has 2 unspecified atom stereocenters. The van der Waals surface area contributed by atoms with E-state index >= 15 is 0 Å². The van der Waals surface area contributed by atoms with Gasteiger partial charge in [0.25, 0.3) is 5.69 Å². The first-order valence-electron chi connectivity index (χ1n) is 7.04. The number of carbonyl (C=O) groups excluding carboxylic acids is 1. The summed E-state index contributed by atoms with van der Waals surface area (Å²) >= 11 is 0. The minimum Gasteiger partial charge on any atom is -0.376 e. The number of non-ortho nitro benzene ring substituents is 1. The first kappa shape index (κ1) is 14.0. The Labute approximate surface area is 122 Å². The van der Waals surface area contributed by atoms with Crippen LogP contribution in [0.1, 0.15) is 24.6 Å². The average molecular weight is 291 g/mol. The summed E-state index contributed by atoms with van der Waals surface area (Å²) in [6.07, 6.45) is 1.86. The molecule has 1 amide bonds. The first-order valence-corrected chi connectivity index (χ1v) is 7.04. The van der Waals surface area contributed by atoms with Gasteiger partial charge < -0.3 is 9.64 Å². The van der Waals surface area contributed by atoms with Crippen molar-refractivity contribution < 1.29 is 14.5 Å². The van der Waals surface area contributed by atoms with Crippen molar-refractivity contribution in [2.45, 2.75) is 25.1 Å². The molecule has 7 heteroatoms. The summed E-state index contributed by atoms with van der Waals surface area (Å²) in [5.41, 5.74) is 0.901. The number of nitrogens with one attached hydrogen (secondary N) is 1. The number of nitro benzene ring substituents is 1. The molecule has 0 bridgehead atoms. The van der Waals surface area contributed by atoms with Crippen LogP contribution in [0.2, 0.25) is 0 Å². The Morgan fingerprint density at radius 2 is 2.14 bits per heavy atom. The Morgan fingerprint density at radius 3 is 2.76 bits per heavy atom. The molecule has 2 aliphatic rings. The van der Waals surface area contributed by atoms with E-state index in [-0.39, 0.29) is 30.4 Å². The van der Waals surface area contributed by atoms with Crippen LogP contribution in [0.3, 0.4) is 0 Å². The van der Waals surface area contributed by atoms with Gasteiger partial charge in [-0.2, -0.15) is 0 Å². The Hall–Kier alpha value is -1.99.